The number of hydrogen-bond acceptors (Lipinski definition) is 2. The molecule has 92 valence electrons. The number of benzene rings is 1. The molecule has 2 aliphatic rings. The Bertz CT molecular complexity index is 394. The van der Waals surface area contributed by atoms with Crippen LogP contribution in [0.3, 0.4) is 0 Å². The molecule has 2 nitrogen and oxygen atoms in total. The van der Waals surface area contributed by atoms with Crippen molar-refractivity contribution in [3.05, 3.63) is 35.4 Å². The minimum atomic E-state index is -0.695. The maximum atomic E-state index is 10.3. The monoisotopic (exact) mass is 232 g/mol. The molecule has 2 atom stereocenters. The van der Waals surface area contributed by atoms with Gasteiger partial charge in [-0.25, -0.2) is 0 Å². The van der Waals surface area contributed by atoms with Crippen LogP contribution in [0.15, 0.2) is 24.3 Å². The maximum absolute atomic E-state index is 10.3. The van der Waals surface area contributed by atoms with Crippen molar-refractivity contribution in [1.82, 2.24) is 0 Å². The Labute approximate surface area is 102 Å². The van der Waals surface area contributed by atoms with Crippen LogP contribution in [0.2, 0.25) is 0 Å². The van der Waals surface area contributed by atoms with Crippen molar-refractivity contribution in [3.63, 3.8) is 0 Å². The second kappa shape index (κ2) is 4.43. The van der Waals surface area contributed by atoms with Crippen LogP contribution in [0.1, 0.15) is 55.3 Å². The average Bonchev–Trinajstić information content (AvgIpc) is 3.09. The van der Waals surface area contributed by atoms with Gasteiger partial charge in [-0.05, 0) is 48.6 Å². The van der Waals surface area contributed by atoms with E-state index in [2.05, 4.69) is 6.07 Å². The molecule has 1 aromatic carbocycles. The lowest BCUT2D eigenvalue weighted by atomic mass is 9.77. The third-order valence-corrected chi connectivity index (χ3v) is 4.29. The van der Waals surface area contributed by atoms with E-state index in [1.54, 1.807) is 0 Å². The second-order valence-corrected chi connectivity index (χ2v) is 5.53. The highest BCUT2D eigenvalue weighted by Crippen LogP contribution is 2.43. The Morgan fingerprint density at radius 3 is 2.29 bits per heavy atom. The topological polar surface area (TPSA) is 40.5 Å². The lowest BCUT2D eigenvalue weighted by Crippen LogP contribution is -2.23. The zero-order valence-corrected chi connectivity index (χ0v) is 10.0. The van der Waals surface area contributed by atoms with Gasteiger partial charge in [0.05, 0.1) is 6.10 Å². The van der Waals surface area contributed by atoms with Crippen LogP contribution >= 0.6 is 0 Å². The van der Waals surface area contributed by atoms with E-state index >= 15 is 0 Å². The van der Waals surface area contributed by atoms with Crippen molar-refractivity contribution in [1.29, 1.82) is 0 Å². The highest BCUT2D eigenvalue weighted by atomic mass is 16.3. The van der Waals surface area contributed by atoms with Crippen LogP contribution in [-0.4, -0.2) is 16.3 Å². The van der Waals surface area contributed by atoms with Crippen molar-refractivity contribution in [2.75, 3.05) is 0 Å². The lowest BCUT2D eigenvalue weighted by Gasteiger charge is -2.30. The molecule has 0 bridgehead atoms. The van der Waals surface area contributed by atoms with Gasteiger partial charge in [-0.3, -0.25) is 0 Å². The number of aliphatic hydroxyl groups excluding tert-OH is 2. The first-order chi connectivity index (χ1) is 8.27. The zero-order chi connectivity index (χ0) is 11.8. The standard InChI is InChI=1S/C15H20O2/c16-14(11-8-9-11)15(17)13-7-2-1-6-12(13)10-4-3-5-10/h1-2,6-7,10-11,14-17H,3-5,8-9H2. The van der Waals surface area contributed by atoms with E-state index < -0.39 is 12.2 Å². The normalized spacial score (nSPS) is 24.1. The van der Waals surface area contributed by atoms with Crippen LogP contribution in [-0.2, 0) is 0 Å². The molecular weight excluding hydrogens is 212 g/mol. The van der Waals surface area contributed by atoms with Gasteiger partial charge in [0.15, 0.2) is 0 Å². The van der Waals surface area contributed by atoms with E-state index in [1.807, 2.05) is 18.2 Å². The fraction of sp³-hybridized carbons (Fsp3) is 0.600. The SMILES string of the molecule is OC(c1ccccc1C1CCC1)C(O)C1CC1. The summed E-state index contributed by atoms with van der Waals surface area (Å²) in [5.74, 6) is 0.923. The summed E-state index contributed by atoms with van der Waals surface area (Å²) in [6, 6.07) is 8.08. The Morgan fingerprint density at radius 1 is 1.00 bits per heavy atom. The van der Waals surface area contributed by atoms with Crippen LogP contribution in [0.5, 0.6) is 0 Å². The van der Waals surface area contributed by atoms with Gasteiger partial charge in [-0.15, -0.1) is 0 Å². The molecule has 0 heterocycles. The lowest BCUT2D eigenvalue weighted by molar-refractivity contribution is 0.00397. The van der Waals surface area contributed by atoms with Crippen LogP contribution in [0.4, 0.5) is 0 Å². The number of rotatable bonds is 4. The molecule has 2 heteroatoms. The molecule has 0 aromatic heterocycles. The third kappa shape index (κ3) is 2.12. The summed E-state index contributed by atoms with van der Waals surface area (Å²) in [6.07, 6.45) is 4.59. The maximum Gasteiger partial charge on any atom is 0.105 e. The van der Waals surface area contributed by atoms with Crippen molar-refractivity contribution < 1.29 is 10.2 Å². The van der Waals surface area contributed by atoms with Gasteiger partial charge in [-0.2, -0.15) is 0 Å². The largest absolute Gasteiger partial charge is 0.390 e. The molecule has 2 fully saturated rings. The van der Waals surface area contributed by atoms with Gasteiger partial charge in [-0.1, -0.05) is 30.7 Å². The molecule has 0 saturated heterocycles. The quantitative estimate of drug-likeness (QED) is 0.838. The van der Waals surface area contributed by atoms with E-state index in [-0.39, 0.29) is 0 Å². The van der Waals surface area contributed by atoms with Gasteiger partial charge in [0.25, 0.3) is 0 Å². The smallest absolute Gasteiger partial charge is 0.105 e. The molecule has 0 radical (unpaired) electrons. The minimum Gasteiger partial charge on any atom is -0.390 e. The molecule has 2 aliphatic carbocycles. The van der Waals surface area contributed by atoms with Crippen molar-refractivity contribution in [2.24, 2.45) is 5.92 Å². The van der Waals surface area contributed by atoms with E-state index in [0.717, 1.165) is 18.4 Å². The first-order valence-corrected chi connectivity index (χ1v) is 6.72. The molecule has 17 heavy (non-hydrogen) atoms. The van der Waals surface area contributed by atoms with Crippen molar-refractivity contribution >= 4 is 0 Å². The zero-order valence-electron chi connectivity index (χ0n) is 10.0. The highest BCUT2D eigenvalue weighted by molar-refractivity contribution is 5.34. The molecule has 2 N–H and O–H groups in total. The van der Waals surface area contributed by atoms with E-state index in [4.69, 9.17) is 0 Å². The molecule has 1 aromatic rings. The predicted octanol–water partition coefficient (Wildman–Crippen LogP) is 2.76. The third-order valence-electron chi connectivity index (χ3n) is 4.29. The summed E-state index contributed by atoms with van der Waals surface area (Å²) in [6.45, 7) is 0. The summed E-state index contributed by atoms with van der Waals surface area (Å²) in [7, 11) is 0. The van der Waals surface area contributed by atoms with Crippen molar-refractivity contribution in [2.45, 2.75) is 50.2 Å². The Hall–Kier alpha value is -0.860. The van der Waals surface area contributed by atoms with Gasteiger partial charge in [0, 0.05) is 0 Å². The molecular formula is C15H20O2. The number of hydrogen-bond donors (Lipinski definition) is 2. The molecule has 2 saturated carbocycles. The highest BCUT2D eigenvalue weighted by Gasteiger charge is 2.36. The first-order valence-electron chi connectivity index (χ1n) is 6.72. The van der Waals surface area contributed by atoms with E-state index in [9.17, 15) is 10.2 Å². The summed E-state index contributed by atoms with van der Waals surface area (Å²) >= 11 is 0. The predicted molar refractivity (Wildman–Crippen MR) is 66.7 cm³/mol. The Morgan fingerprint density at radius 2 is 1.71 bits per heavy atom. The van der Waals surface area contributed by atoms with Gasteiger partial charge < -0.3 is 10.2 Å². The summed E-state index contributed by atoms with van der Waals surface area (Å²) in [5.41, 5.74) is 2.21. The van der Waals surface area contributed by atoms with E-state index in [0.29, 0.717) is 11.8 Å². The Balaban J connectivity index is 1.84. The second-order valence-electron chi connectivity index (χ2n) is 5.53. The van der Waals surface area contributed by atoms with Crippen LogP contribution in [0, 0.1) is 5.92 Å². The fourth-order valence-corrected chi connectivity index (χ4v) is 2.75. The Kier molecular flexibility index (Phi) is 2.93. The fourth-order valence-electron chi connectivity index (χ4n) is 2.75. The van der Waals surface area contributed by atoms with E-state index in [1.165, 1.54) is 24.8 Å². The van der Waals surface area contributed by atoms with Crippen LogP contribution in [0.25, 0.3) is 0 Å². The summed E-state index contributed by atoms with van der Waals surface area (Å²) < 4.78 is 0. The van der Waals surface area contributed by atoms with Gasteiger partial charge in [0.1, 0.15) is 6.10 Å². The van der Waals surface area contributed by atoms with Gasteiger partial charge in [0.2, 0.25) is 0 Å². The molecule has 0 spiro atoms. The van der Waals surface area contributed by atoms with Gasteiger partial charge >= 0.3 is 0 Å². The number of aliphatic hydroxyl groups is 2. The van der Waals surface area contributed by atoms with Crippen LogP contribution < -0.4 is 0 Å². The van der Waals surface area contributed by atoms with Crippen molar-refractivity contribution in [3.8, 4) is 0 Å². The minimum absolute atomic E-state index is 0.319. The molecule has 3 rings (SSSR count). The summed E-state index contributed by atoms with van der Waals surface area (Å²) in [5, 5.41) is 20.4. The average molecular weight is 232 g/mol. The first kappa shape index (κ1) is 11.2. The molecule has 0 amide bonds. The molecule has 2 unspecified atom stereocenters. The molecule has 0 aliphatic heterocycles. The summed E-state index contributed by atoms with van der Waals surface area (Å²) in [4.78, 5) is 0.